The number of hydrogen-bond acceptors (Lipinski definition) is 3. The van der Waals surface area contributed by atoms with Crippen LogP contribution >= 0.6 is 0 Å². The molecule has 19 heavy (non-hydrogen) atoms. The van der Waals surface area contributed by atoms with Crippen molar-refractivity contribution in [1.29, 1.82) is 0 Å². The van der Waals surface area contributed by atoms with Crippen LogP contribution in [0.1, 0.15) is 44.9 Å². The fourth-order valence-corrected chi connectivity index (χ4v) is 6.36. The first kappa shape index (κ1) is 13.9. The Bertz CT molecular complexity index is 408. The number of nitrogens with one attached hydrogen (secondary N) is 1. The van der Waals surface area contributed by atoms with Crippen molar-refractivity contribution in [2.24, 2.45) is 23.2 Å². The van der Waals surface area contributed by atoms with E-state index in [0.717, 1.165) is 24.2 Å². The summed E-state index contributed by atoms with van der Waals surface area (Å²) < 4.78 is 22.9. The predicted molar refractivity (Wildman–Crippen MR) is 77.8 cm³/mol. The molecule has 1 atom stereocenters. The van der Waals surface area contributed by atoms with Gasteiger partial charge in [-0.15, -0.1) is 0 Å². The molecule has 1 unspecified atom stereocenters. The summed E-state index contributed by atoms with van der Waals surface area (Å²) in [5.41, 5.74) is 0.411. The average Bonchev–Trinajstić information content (AvgIpc) is 2.25. The smallest absolute Gasteiger partial charge is 0.147 e. The van der Waals surface area contributed by atoms with Crippen LogP contribution in [0.25, 0.3) is 0 Å². The summed E-state index contributed by atoms with van der Waals surface area (Å²) in [5.74, 6) is 3.13. The second-order valence-electron chi connectivity index (χ2n) is 7.54. The van der Waals surface area contributed by atoms with E-state index in [1.54, 1.807) is 0 Å². The van der Waals surface area contributed by atoms with Crippen molar-refractivity contribution in [3.8, 4) is 0 Å². The molecular weight excluding hydrogens is 258 g/mol. The van der Waals surface area contributed by atoms with Gasteiger partial charge in [0.05, 0.1) is 5.75 Å². The number of hydrogen-bond donors (Lipinski definition) is 1. The summed E-state index contributed by atoms with van der Waals surface area (Å²) in [5, 5.41) is 3.47. The van der Waals surface area contributed by atoms with Crippen LogP contribution in [0, 0.1) is 23.2 Å². The zero-order valence-corrected chi connectivity index (χ0v) is 13.0. The van der Waals surface area contributed by atoms with Gasteiger partial charge in [-0.2, -0.15) is 0 Å². The average molecular weight is 285 g/mol. The van der Waals surface area contributed by atoms with Crippen LogP contribution in [0.2, 0.25) is 0 Å². The van der Waals surface area contributed by atoms with Gasteiger partial charge in [-0.1, -0.05) is 0 Å². The Balaban J connectivity index is 1.75. The van der Waals surface area contributed by atoms with E-state index in [9.17, 15) is 8.42 Å². The molecule has 0 spiro atoms. The quantitative estimate of drug-likeness (QED) is 0.842. The predicted octanol–water partition coefficient (Wildman–Crippen LogP) is 2.23. The molecule has 4 fully saturated rings. The Morgan fingerprint density at radius 2 is 1.58 bits per heavy atom. The Kier molecular flexibility index (Phi) is 3.45. The Hall–Kier alpha value is -0.0900. The van der Waals surface area contributed by atoms with Gasteiger partial charge >= 0.3 is 0 Å². The summed E-state index contributed by atoms with van der Waals surface area (Å²) in [6, 6.07) is 0.399. The molecule has 4 aliphatic carbocycles. The third-order valence-corrected chi connectivity index (χ3v) is 6.93. The van der Waals surface area contributed by atoms with Gasteiger partial charge in [-0.3, -0.25) is 0 Å². The van der Waals surface area contributed by atoms with E-state index in [1.807, 2.05) is 7.05 Å². The number of rotatable bonds is 5. The van der Waals surface area contributed by atoms with Crippen molar-refractivity contribution >= 4 is 9.84 Å². The lowest BCUT2D eigenvalue weighted by atomic mass is 9.47. The fraction of sp³-hybridized carbons (Fsp3) is 1.00. The molecule has 0 aliphatic heterocycles. The normalized spacial score (nSPS) is 42.5. The lowest BCUT2D eigenvalue weighted by molar-refractivity contribution is -0.0729. The van der Waals surface area contributed by atoms with Gasteiger partial charge in [-0.25, -0.2) is 8.42 Å². The Morgan fingerprint density at radius 3 is 1.95 bits per heavy atom. The van der Waals surface area contributed by atoms with E-state index in [2.05, 4.69) is 5.32 Å². The van der Waals surface area contributed by atoms with Crippen molar-refractivity contribution < 1.29 is 8.42 Å². The molecule has 0 radical (unpaired) electrons. The first-order valence-corrected chi connectivity index (χ1v) is 9.81. The molecular formula is C15H27NO2S. The molecule has 0 amide bonds. The molecule has 0 aromatic rings. The van der Waals surface area contributed by atoms with Crippen molar-refractivity contribution in [3.05, 3.63) is 0 Å². The maximum atomic E-state index is 11.5. The summed E-state index contributed by atoms with van der Waals surface area (Å²) in [4.78, 5) is 0. The van der Waals surface area contributed by atoms with Crippen LogP contribution in [0.3, 0.4) is 0 Å². The monoisotopic (exact) mass is 285 g/mol. The molecule has 0 heterocycles. The van der Waals surface area contributed by atoms with Crippen molar-refractivity contribution in [3.63, 3.8) is 0 Å². The second kappa shape index (κ2) is 4.73. The summed E-state index contributed by atoms with van der Waals surface area (Å²) >= 11 is 0. The van der Waals surface area contributed by atoms with E-state index in [0.29, 0.717) is 17.2 Å². The zero-order valence-electron chi connectivity index (χ0n) is 12.2. The molecule has 0 aromatic carbocycles. The van der Waals surface area contributed by atoms with Crippen LogP contribution in [0.4, 0.5) is 0 Å². The largest absolute Gasteiger partial charge is 0.316 e. The minimum absolute atomic E-state index is 0.334. The van der Waals surface area contributed by atoms with Gasteiger partial charge in [0.2, 0.25) is 0 Å². The molecule has 3 nitrogen and oxygen atoms in total. The summed E-state index contributed by atoms with van der Waals surface area (Å²) in [6.45, 7) is 0. The van der Waals surface area contributed by atoms with Gasteiger partial charge in [0.1, 0.15) is 9.84 Å². The van der Waals surface area contributed by atoms with E-state index in [1.165, 1.54) is 44.8 Å². The van der Waals surface area contributed by atoms with Crippen LogP contribution in [0.5, 0.6) is 0 Å². The summed E-state index contributed by atoms with van der Waals surface area (Å²) in [6.07, 6.45) is 10.5. The second-order valence-corrected chi connectivity index (χ2v) is 9.80. The van der Waals surface area contributed by atoms with Crippen LogP contribution in [0.15, 0.2) is 0 Å². The van der Waals surface area contributed by atoms with E-state index >= 15 is 0 Å². The topological polar surface area (TPSA) is 46.2 Å². The SMILES string of the molecule is CNC(CCS(C)(=O)=O)C12CC3CC(CC(C3)C1)C2. The van der Waals surface area contributed by atoms with E-state index in [4.69, 9.17) is 0 Å². The maximum absolute atomic E-state index is 11.5. The molecule has 1 N–H and O–H groups in total. The van der Waals surface area contributed by atoms with Crippen LogP contribution in [-0.2, 0) is 9.84 Å². The molecule has 110 valence electrons. The minimum Gasteiger partial charge on any atom is -0.316 e. The highest BCUT2D eigenvalue weighted by atomic mass is 32.2. The Labute approximate surface area is 117 Å². The molecule has 4 bridgehead atoms. The lowest BCUT2D eigenvalue weighted by Crippen LogP contribution is -2.55. The van der Waals surface area contributed by atoms with Gasteiger partial charge in [0.25, 0.3) is 0 Å². The van der Waals surface area contributed by atoms with Crippen molar-refractivity contribution in [2.45, 2.75) is 51.0 Å². The Morgan fingerprint density at radius 1 is 1.11 bits per heavy atom. The highest BCUT2D eigenvalue weighted by Gasteiger charge is 2.53. The first-order valence-electron chi connectivity index (χ1n) is 7.75. The van der Waals surface area contributed by atoms with Crippen molar-refractivity contribution in [2.75, 3.05) is 19.1 Å². The van der Waals surface area contributed by atoms with Gasteiger partial charge in [-0.05, 0) is 75.2 Å². The fourth-order valence-electron chi connectivity index (χ4n) is 5.69. The van der Waals surface area contributed by atoms with Gasteiger partial charge in [0.15, 0.2) is 0 Å². The van der Waals surface area contributed by atoms with E-state index < -0.39 is 9.84 Å². The molecule has 4 heteroatoms. The first-order chi connectivity index (χ1) is 8.90. The standard InChI is InChI=1S/C15H27NO2S/c1-16-14(3-4-19(2,17)18)15-8-11-5-12(9-15)7-13(6-11)10-15/h11-14,16H,3-10H2,1-2H3. The molecule has 4 rings (SSSR count). The minimum atomic E-state index is -2.84. The van der Waals surface area contributed by atoms with Gasteiger partial charge in [0, 0.05) is 12.3 Å². The van der Waals surface area contributed by atoms with Crippen LogP contribution < -0.4 is 5.32 Å². The number of sulfone groups is 1. The highest BCUT2D eigenvalue weighted by molar-refractivity contribution is 7.90. The molecule has 0 aromatic heterocycles. The van der Waals surface area contributed by atoms with Gasteiger partial charge < -0.3 is 5.32 Å². The highest BCUT2D eigenvalue weighted by Crippen LogP contribution is 2.61. The van der Waals surface area contributed by atoms with E-state index in [-0.39, 0.29) is 0 Å². The van der Waals surface area contributed by atoms with Crippen LogP contribution in [-0.4, -0.2) is 33.5 Å². The zero-order chi connectivity index (χ0) is 13.7. The maximum Gasteiger partial charge on any atom is 0.147 e. The molecule has 0 saturated heterocycles. The summed E-state index contributed by atoms with van der Waals surface area (Å²) in [7, 11) is -0.821. The lowest BCUT2D eigenvalue weighted by Gasteiger charge is -2.59. The third kappa shape index (κ3) is 2.71. The third-order valence-electron chi connectivity index (χ3n) is 5.95. The van der Waals surface area contributed by atoms with Crippen molar-refractivity contribution in [1.82, 2.24) is 5.32 Å². The molecule has 4 saturated carbocycles. The molecule has 4 aliphatic rings.